The third kappa shape index (κ3) is 5.73. The number of carbonyl (C=O) groups excluding carboxylic acids is 1. The van der Waals surface area contributed by atoms with E-state index in [-0.39, 0.29) is 51.4 Å². The summed E-state index contributed by atoms with van der Waals surface area (Å²) in [6, 6.07) is 6.34. The molecule has 1 aliphatic rings. The van der Waals surface area contributed by atoms with Gasteiger partial charge in [-0.2, -0.15) is 0 Å². The Morgan fingerprint density at radius 3 is 2.31 bits per heavy atom. The molecular weight excluding hydrogens is 375 g/mol. The average Bonchev–Trinajstić information content (AvgIpc) is 2.61. The third-order valence-electron chi connectivity index (χ3n) is 3.71. The molecule has 1 heterocycles. The van der Waals surface area contributed by atoms with E-state index >= 15 is 0 Å². The number of carbonyl (C=O) groups is 1. The van der Waals surface area contributed by atoms with Crippen LogP contribution in [0.4, 0.5) is 0 Å². The molecule has 4 N–H and O–H groups in total. The summed E-state index contributed by atoms with van der Waals surface area (Å²) in [6.07, 6.45) is -6.67. The second-order valence-corrected chi connectivity index (χ2v) is 5.38. The Bertz CT molecular complexity index is 617. The van der Waals surface area contributed by atoms with Crippen molar-refractivity contribution in [3.05, 3.63) is 35.6 Å². The van der Waals surface area contributed by atoms with E-state index in [0.29, 0.717) is 11.3 Å². The maximum absolute atomic E-state index is 11.3. The van der Waals surface area contributed by atoms with Crippen molar-refractivity contribution in [3.63, 3.8) is 0 Å². The Hall–Kier alpha value is -0.534. The van der Waals surface area contributed by atoms with Crippen LogP contribution < -0.4 is 61.2 Å². The fraction of sp³-hybridized carbons (Fsp3) is 0.438. The second kappa shape index (κ2) is 10.7. The third-order valence-corrected chi connectivity index (χ3v) is 3.71. The number of carboxylic acids is 1. The number of rotatable bonds is 6. The number of carboxylic acid groups (broad SMARTS) is 1. The normalized spacial score (nSPS) is 28.8. The summed E-state index contributed by atoms with van der Waals surface area (Å²) in [4.78, 5) is 11.3. The predicted octanol–water partition coefficient (Wildman–Crippen LogP) is -5.39. The van der Waals surface area contributed by atoms with Crippen molar-refractivity contribution in [2.75, 3.05) is 13.7 Å². The molecule has 0 bridgehead atoms. The van der Waals surface area contributed by atoms with Gasteiger partial charge in [0.25, 0.3) is 0 Å². The minimum Gasteiger partial charge on any atom is -0.542 e. The van der Waals surface area contributed by atoms with E-state index in [1.807, 2.05) is 0 Å². The first kappa shape index (κ1) is 23.5. The monoisotopic (exact) mass is 394 g/mol. The summed E-state index contributed by atoms with van der Waals surface area (Å²) in [5.74, 6) is -1.76. The van der Waals surface area contributed by atoms with Gasteiger partial charge in [-0.1, -0.05) is 12.1 Å². The molecule has 2 rings (SSSR count). The van der Waals surface area contributed by atoms with Crippen molar-refractivity contribution in [2.45, 2.75) is 30.7 Å². The molecule has 1 aliphatic heterocycles. The fourth-order valence-electron chi connectivity index (χ4n) is 2.28. The number of ether oxygens (including phenoxy) is 3. The van der Waals surface area contributed by atoms with E-state index in [9.17, 15) is 25.2 Å². The zero-order valence-corrected chi connectivity index (χ0v) is 17.4. The van der Waals surface area contributed by atoms with E-state index in [2.05, 4.69) is 0 Å². The summed E-state index contributed by atoms with van der Waals surface area (Å²) in [5, 5.41) is 49.7. The van der Waals surface area contributed by atoms with Gasteiger partial charge < -0.3 is 44.5 Å². The number of hydrogen-bond acceptors (Lipinski definition) is 9. The molecule has 1 saturated heterocycles. The number of benzene rings is 1. The van der Waals surface area contributed by atoms with Gasteiger partial charge in [0, 0.05) is 0 Å². The van der Waals surface area contributed by atoms with E-state index in [0.717, 1.165) is 6.08 Å². The Kier molecular flexibility index (Phi) is 9.68. The number of aliphatic hydroxyl groups is 4. The maximum Gasteiger partial charge on any atom is 1.00 e. The van der Waals surface area contributed by atoms with Gasteiger partial charge in [0.05, 0.1) is 13.7 Å². The summed E-state index contributed by atoms with van der Waals surface area (Å²) in [7, 11) is 1.49. The standard InChI is InChI=1S/C16H20O9.K/c1-23-9-4-2-8(3-5-9)6-10(15(21)22)24-16-14(20)13(19)12(18)11(7-17)25-16;/h2-6,11-14,16-20H,7H2,1H3,(H,21,22);/q;+1/p-1/b10-6+;/t11-,12-,13+,14-,16+;/m0./s1. The average molecular weight is 394 g/mol. The Morgan fingerprint density at radius 2 is 1.81 bits per heavy atom. The number of aliphatic hydroxyl groups excluding tert-OH is 4. The molecule has 26 heavy (non-hydrogen) atoms. The zero-order chi connectivity index (χ0) is 18.6. The molecule has 1 aromatic rings. The molecular formula is C16H19KO9. The van der Waals surface area contributed by atoms with Crippen LogP contribution in [-0.2, 0) is 14.3 Å². The van der Waals surface area contributed by atoms with Gasteiger partial charge in [0.15, 0.2) is 0 Å². The van der Waals surface area contributed by atoms with Crippen LogP contribution in [0.15, 0.2) is 30.0 Å². The van der Waals surface area contributed by atoms with Gasteiger partial charge in [-0.05, 0) is 23.8 Å². The van der Waals surface area contributed by atoms with Crippen molar-refractivity contribution in [1.82, 2.24) is 0 Å². The minimum absolute atomic E-state index is 0. The van der Waals surface area contributed by atoms with Gasteiger partial charge >= 0.3 is 51.4 Å². The van der Waals surface area contributed by atoms with E-state index in [4.69, 9.17) is 19.3 Å². The van der Waals surface area contributed by atoms with Crippen molar-refractivity contribution >= 4 is 12.0 Å². The summed E-state index contributed by atoms with van der Waals surface area (Å²) < 4.78 is 15.2. The molecule has 1 aromatic carbocycles. The zero-order valence-electron chi connectivity index (χ0n) is 14.3. The van der Waals surface area contributed by atoms with Gasteiger partial charge in [0.2, 0.25) is 6.29 Å². The van der Waals surface area contributed by atoms with Crippen molar-refractivity contribution in [3.8, 4) is 5.75 Å². The van der Waals surface area contributed by atoms with E-state index < -0.39 is 49.0 Å². The first-order chi connectivity index (χ1) is 11.9. The SMILES string of the molecule is COc1ccc(/C=C(/O[C@@H]2O[C@@H](CO)[C@H](O)[C@@H](O)[C@@H]2O)C(=O)[O-])cc1.[K+]. The van der Waals surface area contributed by atoms with Crippen LogP contribution in [0, 0.1) is 0 Å². The largest absolute Gasteiger partial charge is 1.00 e. The molecule has 1 fully saturated rings. The fourth-order valence-corrected chi connectivity index (χ4v) is 2.28. The molecule has 0 amide bonds. The van der Waals surface area contributed by atoms with Crippen LogP contribution in [0.1, 0.15) is 5.56 Å². The molecule has 0 spiro atoms. The summed E-state index contributed by atoms with van der Waals surface area (Å²) >= 11 is 0. The maximum atomic E-state index is 11.3. The van der Waals surface area contributed by atoms with Gasteiger partial charge in [0.1, 0.15) is 41.9 Å². The van der Waals surface area contributed by atoms with Crippen molar-refractivity contribution in [1.29, 1.82) is 0 Å². The quantitative estimate of drug-likeness (QED) is 0.211. The number of aliphatic carboxylic acids is 1. The summed E-state index contributed by atoms with van der Waals surface area (Å²) in [6.45, 7) is -0.659. The van der Waals surface area contributed by atoms with Crippen LogP contribution in [0.5, 0.6) is 5.75 Å². The van der Waals surface area contributed by atoms with Gasteiger partial charge in [-0.15, -0.1) is 0 Å². The van der Waals surface area contributed by atoms with Crippen LogP contribution in [0.3, 0.4) is 0 Å². The van der Waals surface area contributed by atoms with Gasteiger partial charge in [-0.3, -0.25) is 0 Å². The van der Waals surface area contributed by atoms with Crippen LogP contribution >= 0.6 is 0 Å². The Labute approximate surface area is 192 Å². The summed E-state index contributed by atoms with van der Waals surface area (Å²) in [5.41, 5.74) is 0.449. The Morgan fingerprint density at radius 1 is 1.19 bits per heavy atom. The molecule has 0 radical (unpaired) electrons. The Balaban J connectivity index is 0.00000338. The molecule has 0 aromatic heterocycles. The minimum atomic E-state index is -1.73. The van der Waals surface area contributed by atoms with Crippen LogP contribution in [0.25, 0.3) is 6.08 Å². The topological polar surface area (TPSA) is 149 Å². The first-order valence-corrected chi connectivity index (χ1v) is 7.41. The number of methoxy groups -OCH3 is 1. The molecule has 138 valence electrons. The smallest absolute Gasteiger partial charge is 0.542 e. The second-order valence-electron chi connectivity index (χ2n) is 5.38. The molecule has 0 aliphatic carbocycles. The van der Waals surface area contributed by atoms with Crippen molar-refractivity contribution in [2.24, 2.45) is 0 Å². The van der Waals surface area contributed by atoms with Gasteiger partial charge in [-0.25, -0.2) is 0 Å². The number of hydrogen-bond donors (Lipinski definition) is 4. The molecule has 10 heteroatoms. The van der Waals surface area contributed by atoms with E-state index in [1.165, 1.54) is 7.11 Å². The first-order valence-electron chi connectivity index (χ1n) is 7.41. The predicted molar refractivity (Wildman–Crippen MR) is 80.8 cm³/mol. The molecule has 9 nitrogen and oxygen atoms in total. The van der Waals surface area contributed by atoms with Crippen molar-refractivity contribution < 1.29 is 95.9 Å². The van der Waals surface area contributed by atoms with Crippen LogP contribution in [-0.4, -0.2) is 70.8 Å². The van der Waals surface area contributed by atoms with E-state index in [1.54, 1.807) is 24.3 Å². The van der Waals surface area contributed by atoms with Crippen LogP contribution in [0.2, 0.25) is 0 Å². The molecule has 0 unspecified atom stereocenters. The molecule has 0 saturated carbocycles. The molecule has 5 atom stereocenters.